The predicted octanol–water partition coefficient (Wildman–Crippen LogP) is 2.38. The quantitative estimate of drug-likeness (QED) is 0.728. The van der Waals surface area contributed by atoms with E-state index in [0.717, 1.165) is 10.9 Å². The van der Waals surface area contributed by atoms with E-state index in [2.05, 4.69) is 16.2 Å². The van der Waals surface area contributed by atoms with E-state index in [0.29, 0.717) is 5.82 Å². The molecule has 4 heteroatoms. The molecule has 0 aliphatic rings. The number of aliphatic hydroxyl groups excluding tert-OH is 1. The van der Waals surface area contributed by atoms with Crippen molar-refractivity contribution < 1.29 is 9.63 Å². The van der Waals surface area contributed by atoms with Crippen molar-refractivity contribution in [3.8, 4) is 11.4 Å². The highest BCUT2D eigenvalue weighted by atomic mass is 16.5. The highest BCUT2D eigenvalue weighted by molar-refractivity contribution is 5.86. The van der Waals surface area contributed by atoms with Crippen LogP contribution < -0.4 is 0 Å². The minimum atomic E-state index is -0.236. The molecular weight excluding hydrogens is 216 g/mol. The molecule has 0 aliphatic carbocycles. The summed E-state index contributed by atoms with van der Waals surface area (Å²) in [6, 6.07) is 14.0. The van der Waals surface area contributed by atoms with Gasteiger partial charge in [0.1, 0.15) is 6.61 Å². The average molecular weight is 226 g/mol. The Bertz CT molecular complexity index is 661. The number of benzene rings is 2. The van der Waals surface area contributed by atoms with Crippen LogP contribution in [0.15, 0.2) is 47.0 Å². The number of aromatic nitrogens is 2. The van der Waals surface area contributed by atoms with Gasteiger partial charge in [-0.3, -0.25) is 0 Å². The Balaban J connectivity index is 2.11. The molecule has 1 heterocycles. The SMILES string of the molecule is OCc1nc(-c2ccc3ccccc3c2)no1. The molecule has 0 fully saturated rings. The summed E-state index contributed by atoms with van der Waals surface area (Å²) in [5.41, 5.74) is 0.882. The third-order valence-electron chi connectivity index (χ3n) is 2.61. The van der Waals surface area contributed by atoms with Crippen LogP contribution in [0.2, 0.25) is 0 Å². The van der Waals surface area contributed by atoms with Gasteiger partial charge in [0.25, 0.3) is 5.89 Å². The van der Waals surface area contributed by atoms with Gasteiger partial charge in [0.15, 0.2) is 0 Å². The maximum Gasteiger partial charge on any atom is 0.252 e. The summed E-state index contributed by atoms with van der Waals surface area (Å²) in [6.45, 7) is -0.236. The Morgan fingerprint density at radius 1 is 1.06 bits per heavy atom. The van der Waals surface area contributed by atoms with Crippen LogP contribution >= 0.6 is 0 Å². The van der Waals surface area contributed by atoms with Gasteiger partial charge in [-0.05, 0) is 16.8 Å². The van der Waals surface area contributed by atoms with Crippen LogP contribution in [0, 0.1) is 0 Å². The van der Waals surface area contributed by atoms with Crippen LogP contribution in [0.25, 0.3) is 22.2 Å². The smallest absolute Gasteiger partial charge is 0.252 e. The van der Waals surface area contributed by atoms with Gasteiger partial charge < -0.3 is 9.63 Å². The lowest BCUT2D eigenvalue weighted by Crippen LogP contribution is -1.83. The molecule has 2 aromatic carbocycles. The third-order valence-corrected chi connectivity index (χ3v) is 2.61. The summed E-state index contributed by atoms with van der Waals surface area (Å²) in [5.74, 6) is 0.730. The Labute approximate surface area is 97.5 Å². The Hall–Kier alpha value is -2.20. The number of rotatable bonds is 2. The van der Waals surface area contributed by atoms with Gasteiger partial charge in [-0.25, -0.2) is 0 Å². The van der Waals surface area contributed by atoms with Crippen LogP contribution in [0.3, 0.4) is 0 Å². The fourth-order valence-corrected chi connectivity index (χ4v) is 1.76. The lowest BCUT2D eigenvalue weighted by Gasteiger charge is -1.98. The summed E-state index contributed by atoms with van der Waals surface area (Å²) in [4.78, 5) is 4.08. The first-order valence-corrected chi connectivity index (χ1v) is 5.29. The number of hydrogen-bond donors (Lipinski definition) is 1. The van der Waals surface area contributed by atoms with E-state index in [4.69, 9.17) is 9.63 Å². The topological polar surface area (TPSA) is 59.2 Å². The van der Waals surface area contributed by atoms with E-state index in [-0.39, 0.29) is 12.5 Å². The molecule has 17 heavy (non-hydrogen) atoms. The normalized spacial score (nSPS) is 10.9. The van der Waals surface area contributed by atoms with Gasteiger partial charge in [0, 0.05) is 5.56 Å². The molecule has 3 aromatic rings. The lowest BCUT2D eigenvalue weighted by molar-refractivity contribution is 0.222. The molecule has 0 unspecified atom stereocenters. The molecule has 0 bridgehead atoms. The molecular formula is C13H10N2O2. The summed E-state index contributed by atoms with van der Waals surface area (Å²) >= 11 is 0. The maximum absolute atomic E-state index is 8.87. The molecule has 0 spiro atoms. The van der Waals surface area contributed by atoms with Crippen LogP contribution in [-0.2, 0) is 6.61 Å². The van der Waals surface area contributed by atoms with E-state index >= 15 is 0 Å². The summed E-state index contributed by atoms with van der Waals surface area (Å²) in [7, 11) is 0. The third kappa shape index (κ3) is 1.79. The Morgan fingerprint density at radius 2 is 1.88 bits per heavy atom. The minimum absolute atomic E-state index is 0.230. The summed E-state index contributed by atoms with van der Waals surface area (Å²) < 4.78 is 4.87. The van der Waals surface area contributed by atoms with Crippen molar-refractivity contribution in [3.05, 3.63) is 48.4 Å². The molecule has 0 aliphatic heterocycles. The molecule has 1 N–H and O–H groups in total. The fourth-order valence-electron chi connectivity index (χ4n) is 1.76. The van der Waals surface area contributed by atoms with Gasteiger partial charge >= 0.3 is 0 Å². The van der Waals surface area contributed by atoms with E-state index in [9.17, 15) is 0 Å². The fraction of sp³-hybridized carbons (Fsp3) is 0.0769. The van der Waals surface area contributed by atoms with Crippen LogP contribution in [-0.4, -0.2) is 15.2 Å². The zero-order valence-electron chi connectivity index (χ0n) is 9.00. The number of hydrogen-bond acceptors (Lipinski definition) is 4. The first-order chi connectivity index (χ1) is 8.36. The first-order valence-electron chi connectivity index (χ1n) is 5.29. The second kappa shape index (κ2) is 3.99. The number of nitrogens with zero attached hydrogens (tertiary/aromatic N) is 2. The monoisotopic (exact) mass is 226 g/mol. The molecule has 0 amide bonds. The van der Waals surface area contributed by atoms with E-state index in [1.807, 2.05) is 36.4 Å². The molecule has 0 atom stereocenters. The first kappa shape index (κ1) is 9.99. The van der Waals surface area contributed by atoms with Crippen molar-refractivity contribution in [2.45, 2.75) is 6.61 Å². The zero-order chi connectivity index (χ0) is 11.7. The van der Waals surface area contributed by atoms with E-state index < -0.39 is 0 Å². The van der Waals surface area contributed by atoms with Crippen LogP contribution in [0.1, 0.15) is 5.89 Å². The minimum Gasteiger partial charge on any atom is -0.387 e. The van der Waals surface area contributed by atoms with Crippen LogP contribution in [0.4, 0.5) is 0 Å². The van der Waals surface area contributed by atoms with Crippen molar-refractivity contribution in [2.24, 2.45) is 0 Å². The van der Waals surface area contributed by atoms with Gasteiger partial charge in [0.2, 0.25) is 5.82 Å². The van der Waals surface area contributed by atoms with Crippen molar-refractivity contribution >= 4 is 10.8 Å². The van der Waals surface area contributed by atoms with Crippen LogP contribution in [0.5, 0.6) is 0 Å². The summed E-state index contributed by atoms with van der Waals surface area (Å²) in [6.07, 6.45) is 0. The molecule has 3 rings (SSSR count). The van der Waals surface area contributed by atoms with Gasteiger partial charge in [-0.15, -0.1) is 0 Å². The molecule has 1 aromatic heterocycles. The van der Waals surface area contributed by atoms with Crippen molar-refractivity contribution in [2.75, 3.05) is 0 Å². The van der Waals surface area contributed by atoms with Gasteiger partial charge in [-0.2, -0.15) is 4.98 Å². The number of fused-ring (bicyclic) bond motifs is 1. The van der Waals surface area contributed by atoms with Crippen molar-refractivity contribution in [1.82, 2.24) is 10.1 Å². The molecule has 0 saturated heterocycles. The molecule has 4 nitrogen and oxygen atoms in total. The van der Waals surface area contributed by atoms with E-state index in [1.165, 1.54) is 5.39 Å². The van der Waals surface area contributed by atoms with E-state index in [1.54, 1.807) is 0 Å². The summed E-state index contributed by atoms with van der Waals surface area (Å²) in [5, 5.41) is 15.0. The standard InChI is InChI=1S/C13H10N2O2/c16-8-12-14-13(15-17-12)11-6-5-9-3-1-2-4-10(9)7-11/h1-7,16H,8H2. The molecule has 0 saturated carbocycles. The second-order valence-electron chi connectivity index (χ2n) is 3.73. The largest absolute Gasteiger partial charge is 0.387 e. The van der Waals surface area contributed by atoms with Crippen molar-refractivity contribution in [3.63, 3.8) is 0 Å². The maximum atomic E-state index is 8.87. The zero-order valence-corrected chi connectivity index (χ0v) is 9.00. The number of aliphatic hydroxyl groups is 1. The Kier molecular flexibility index (Phi) is 2.34. The average Bonchev–Trinajstić information content (AvgIpc) is 2.87. The van der Waals surface area contributed by atoms with Gasteiger partial charge in [-0.1, -0.05) is 41.6 Å². The van der Waals surface area contributed by atoms with Crippen molar-refractivity contribution in [1.29, 1.82) is 0 Å². The lowest BCUT2D eigenvalue weighted by atomic mass is 10.1. The molecule has 84 valence electrons. The highest BCUT2D eigenvalue weighted by Crippen LogP contribution is 2.22. The second-order valence-corrected chi connectivity index (χ2v) is 3.73. The Morgan fingerprint density at radius 3 is 2.65 bits per heavy atom. The highest BCUT2D eigenvalue weighted by Gasteiger charge is 2.07. The van der Waals surface area contributed by atoms with Gasteiger partial charge in [0.05, 0.1) is 0 Å². The molecule has 0 radical (unpaired) electrons. The predicted molar refractivity (Wildman–Crippen MR) is 63.2 cm³/mol.